The molecule has 1 aromatic carbocycles. The van der Waals surface area contributed by atoms with Crippen LogP contribution < -0.4 is 15.0 Å². The summed E-state index contributed by atoms with van der Waals surface area (Å²) in [5.74, 6) is -0.105. The smallest absolute Gasteiger partial charge is 0.294 e. The number of rotatable bonds is 2. The van der Waals surface area contributed by atoms with Gasteiger partial charge in [0.05, 0.1) is 12.2 Å². The lowest BCUT2D eigenvalue weighted by atomic mass is 10.1. The quantitative estimate of drug-likeness (QED) is 0.919. The molecule has 1 N–H and O–H groups in total. The molecule has 2 amide bonds. The van der Waals surface area contributed by atoms with E-state index < -0.39 is 6.10 Å². The average Bonchev–Trinajstić information content (AvgIpc) is 2.98. The molecule has 22 heavy (non-hydrogen) atoms. The van der Waals surface area contributed by atoms with Crippen LogP contribution in [0.3, 0.4) is 0 Å². The van der Waals surface area contributed by atoms with E-state index in [-0.39, 0.29) is 29.3 Å². The van der Waals surface area contributed by atoms with Gasteiger partial charge in [-0.15, -0.1) is 0 Å². The van der Waals surface area contributed by atoms with Gasteiger partial charge in [-0.1, -0.05) is 12.1 Å². The SMILES string of the molecule is CNC(=O)[C@H]1CN(C(=O)c2ccc(Cl)o2)c2ccccc2O1. The van der Waals surface area contributed by atoms with E-state index in [1.165, 1.54) is 24.1 Å². The van der Waals surface area contributed by atoms with Crippen molar-refractivity contribution in [1.82, 2.24) is 5.32 Å². The van der Waals surface area contributed by atoms with Crippen LogP contribution in [0.4, 0.5) is 5.69 Å². The van der Waals surface area contributed by atoms with Gasteiger partial charge in [0.2, 0.25) is 0 Å². The second-order valence-corrected chi connectivity index (χ2v) is 5.08. The van der Waals surface area contributed by atoms with Crippen LogP contribution in [0.2, 0.25) is 5.22 Å². The first-order chi connectivity index (χ1) is 10.6. The zero-order valence-corrected chi connectivity index (χ0v) is 12.5. The molecule has 0 unspecified atom stereocenters. The highest BCUT2D eigenvalue weighted by Crippen LogP contribution is 2.34. The first-order valence-electron chi connectivity index (χ1n) is 6.64. The molecule has 1 aromatic heterocycles. The number of hydrogen-bond donors (Lipinski definition) is 1. The predicted molar refractivity (Wildman–Crippen MR) is 80.3 cm³/mol. The van der Waals surface area contributed by atoms with Gasteiger partial charge in [-0.05, 0) is 35.9 Å². The molecule has 0 spiro atoms. The number of benzene rings is 1. The summed E-state index contributed by atoms with van der Waals surface area (Å²) >= 11 is 5.72. The van der Waals surface area contributed by atoms with Gasteiger partial charge in [-0.25, -0.2) is 0 Å². The third-order valence-electron chi connectivity index (χ3n) is 3.34. The molecule has 6 nitrogen and oxygen atoms in total. The standard InChI is InChI=1S/C15H13ClN2O4/c1-17-14(19)12-8-18(9-4-2-3-5-10(9)21-12)15(20)11-6-7-13(16)22-11/h2-7,12H,8H2,1H3,(H,17,19)/t12-/m1/s1. The number of furan rings is 1. The van der Waals surface area contributed by atoms with Crippen molar-refractivity contribution in [2.24, 2.45) is 0 Å². The van der Waals surface area contributed by atoms with E-state index in [4.69, 9.17) is 20.8 Å². The van der Waals surface area contributed by atoms with Crippen molar-refractivity contribution in [1.29, 1.82) is 0 Å². The summed E-state index contributed by atoms with van der Waals surface area (Å²) in [4.78, 5) is 25.9. The Balaban J connectivity index is 1.98. The Labute approximate surface area is 131 Å². The molecule has 0 radical (unpaired) electrons. The minimum Gasteiger partial charge on any atom is -0.477 e. The monoisotopic (exact) mass is 320 g/mol. The normalized spacial score (nSPS) is 16.6. The second-order valence-electron chi connectivity index (χ2n) is 4.71. The molecular weight excluding hydrogens is 308 g/mol. The van der Waals surface area contributed by atoms with Crippen LogP contribution in [0.1, 0.15) is 10.6 Å². The average molecular weight is 321 g/mol. The number of para-hydroxylation sites is 2. The van der Waals surface area contributed by atoms with E-state index >= 15 is 0 Å². The minimum absolute atomic E-state index is 0.0911. The number of amides is 2. The fourth-order valence-corrected chi connectivity index (χ4v) is 2.43. The Hall–Kier alpha value is -2.47. The Morgan fingerprint density at radius 3 is 2.73 bits per heavy atom. The van der Waals surface area contributed by atoms with E-state index in [2.05, 4.69) is 5.32 Å². The van der Waals surface area contributed by atoms with Crippen molar-refractivity contribution < 1.29 is 18.7 Å². The first-order valence-corrected chi connectivity index (χ1v) is 7.02. The largest absolute Gasteiger partial charge is 0.477 e. The van der Waals surface area contributed by atoms with Gasteiger partial charge in [0.25, 0.3) is 11.8 Å². The van der Waals surface area contributed by atoms with Crippen LogP contribution in [-0.4, -0.2) is 31.5 Å². The Kier molecular flexibility index (Phi) is 3.77. The van der Waals surface area contributed by atoms with Crippen molar-refractivity contribution in [3.8, 4) is 5.75 Å². The molecule has 2 heterocycles. The molecule has 1 aliphatic heterocycles. The number of carbonyl (C=O) groups is 2. The molecule has 2 aromatic rings. The van der Waals surface area contributed by atoms with Gasteiger partial charge in [0, 0.05) is 7.05 Å². The predicted octanol–water partition coefficient (Wildman–Crippen LogP) is 2.09. The molecule has 0 fully saturated rings. The summed E-state index contributed by atoms with van der Waals surface area (Å²) in [6, 6.07) is 10.0. The summed E-state index contributed by atoms with van der Waals surface area (Å²) in [5, 5.41) is 2.65. The number of fused-ring (bicyclic) bond motifs is 1. The van der Waals surface area contributed by atoms with Crippen LogP contribution in [0, 0.1) is 0 Å². The second kappa shape index (κ2) is 5.73. The van der Waals surface area contributed by atoms with E-state index in [0.29, 0.717) is 11.4 Å². The van der Waals surface area contributed by atoms with Crippen LogP contribution >= 0.6 is 11.6 Å². The highest BCUT2D eigenvalue weighted by Gasteiger charge is 2.34. The maximum atomic E-state index is 12.6. The molecule has 0 bridgehead atoms. The molecule has 7 heteroatoms. The highest BCUT2D eigenvalue weighted by atomic mass is 35.5. The molecule has 0 saturated carbocycles. The maximum Gasteiger partial charge on any atom is 0.294 e. The molecule has 1 aliphatic rings. The number of carbonyl (C=O) groups excluding carboxylic acids is 2. The van der Waals surface area contributed by atoms with Crippen molar-refractivity contribution in [2.75, 3.05) is 18.5 Å². The van der Waals surface area contributed by atoms with E-state index in [9.17, 15) is 9.59 Å². The van der Waals surface area contributed by atoms with Crippen LogP contribution in [0.5, 0.6) is 5.75 Å². The third-order valence-corrected chi connectivity index (χ3v) is 3.54. The molecule has 0 aliphatic carbocycles. The first kappa shape index (κ1) is 14.5. The topological polar surface area (TPSA) is 71.8 Å². The van der Waals surface area contributed by atoms with Crippen molar-refractivity contribution in [2.45, 2.75) is 6.10 Å². The van der Waals surface area contributed by atoms with Gasteiger partial charge in [0.1, 0.15) is 5.75 Å². The van der Waals surface area contributed by atoms with E-state index in [1.54, 1.807) is 24.3 Å². The summed E-state index contributed by atoms with van der Waals surface area (Å²) in [5.41, 5.74) is 0.583. The number of nitrogens with one attached hydrogen (secondary N) is 1. The summed E-state index contributed by atoms with van der Waals surface area (Å²) in [6.07, 6.45) is -0.783. The lowest BCUT2D eigenvalue weighted by Gasteiger charge is -2.33. The van der Waals surface area contributed by atoms with Crippen molar-refractivity contribution >= 4 is 29.1 Å². The summed E-state index contributed by atoms with van der Waals surface area (Å²) in [7, 11) is 1.52. The molecular formula is C15H13ClN2O4. The molecule has 114 valence electrons. The van der Waals surface area contributed by atoms with Crippen molar-refractivity contribution in [3.05, 3.63) is 47.4 Å². The van der Waals surface area contributed by atoms with Gasteiger partial charge >= 0.3 is 0 Å². The molecule has 0 saturated heterocycles. The number of anilines is 1. The van der Waals surface area contributed by atoms with Crippen LogP contribution in [0.15, 0.2) is 40.8 Å². The number of nitrogens with zero attached hydrogens (tertiary/aromatic N) is 1. The number of hydrogen-bond acceptors (Lipinski definition) is 4. The Morgan fingerprint density at radius 1 is 1.27 bits per heavy atom. The zero-order chi connectivity index (χ0) is 15.7. The van der Waals surface area contributed by atoms with E-state index in [1.807, 2.05) is 0 Å². The van der Waals surface area contributed by atoms with Gasteiger partial charge in [0.15, 0.2) is 17.1 Å². The lowest BCUT2D eigenvalue weighted by Crippen LogP contribution is -2.50. The number of halogens is 1. The molecule has 3 rings (SSSR count). The Morgan fingerprint density at radius 2 is 2.05 bits per heavy atom. The maximum absolute atomic E-state index is 12.6. The summed E-state index contributed by atoms with van der Waals surface area (Å²) < 4.78 is 10.8. The third kappa shape index (κ3) is 2.53. The van der Waals surface area contributed by atoms with Gasteiger partial charge in [-0.3, -0.25) is 14.5 Å². The van der Waals surface area contributed by atoms with Gasteiger partial charge in [-0.2, -0.15) is 0 Å². The lowest BCUT2D eigenvalue weighted by molar-refractivity contribution is -0.127. The van der Waals surface area contributed by atoms with E-state index in [0.717, 1.165) is 0 Å². The fourth-order valence-electron chi connectivity index (χ4n) is 2.29. The highest BCUT2D eigenvalue weighted by molar-refractivity contribution is 6.29. The summed E-state index contributed by atoms with van der Waals surface area (Å²) in [6.45, 7) is 0.0911. The minimum atomic E-state index is -0.783. The van der Waals surface area contributed by atoms with Gasteiger partial charge < -0.3 is 14.5 Å². The Bertz CT molecular complexity index is 728. The number of likely N-dealkylation sites (N-methyl/N-ethyl adjacent to an activating group) is 1. The molecule has 1 atom stereocenters. The van der Waals surface area contributed by atoms with Crippen LogP contribution in [-0.2, 0) is 4.79 Å². The fraction of sp³-hybridized carbons (Fsp3) is 0.200. The van der Waals surface area contributed by atoms with Crippen LogP contribution in [0.25, 0.3) is 0 Å². The zero-order valence-electron chi connectivity index (χ0n) is 11.7. The number of ether oxygens (including phenoxy) is 1. The van der Waals surface area contributed by atoms with Crippen molar-refractivity contribution in [3.63, 3.8) is 0 Å².